The van der Waals surface area contributed by atoms with Gasteiger partial charge in [0.25, 0.3) is 5.69 Å². The first-order chi connectivity index (χ1) is 9.06. The molecule has 2 aromatic rings. The van der Waals surface area contributed by atoms with Gasteiger partial charge in [-0.2, -0.15) is 0 Å². The summed E-state index contributed by atoms with van der Waals surface area (Å²) in [7, 11) is 0. The van der Waals surface area contributed by atoms with E-state index in [0.29, 0.717) is 6.54 Å². The zero-order valence-electron chi connectivity index (χ0n) is 10.8. The number of benzene rings is 1. The van der Waals surface area contributed by atoms with E-state index in [2.05, 4.69) is 10.3 Å². The van der Waals surface area contributed by atoms with Crippen molar-refractivity contribution in [2.75, 3.05) is 0 Å². The fourth-order valence-electron chi connectivity index (χ4n) is 1.77. The van der Waals surface area contributed by atoms with Crippen molar-refractivity contribution in [3.63, 3.8) is 0 Å². The lowest BCUT2D eigenvalue weighted by Gasteiger charge is -2.13. The van der Waals surface area contributed by atoms with E-state index in [0.717, 1.165) is 16.3 Å². The fraction of sp³-hybridized carbons (Fsp3) is 0.308. The summed E-state index contributed by atoms with van der Waals surface area (Å²) in [5.41, 5.74) is 2.02. The Morgan fingerprint density at radius 3 is 2.95 bits per heavy atom. The van der Waals surface area contributed by atoms with Crippen molar-refractivity contribution in [1.29, 1.82) is 0 Å². The molecule has 0 aliphatic rings. The molecule has 1 heterocycles. The highest BCUT2D eigenvalue weighted by atomic mass is 32.1. The molecule has 0 saturated carbocycles. The van der Waals surface area contributed by atoms with E-state index in [-0.39, 0.29) is 16.7 Å². The van der Waals surface area contributed by atoms with Gasteiger partial charge in [-0.1, -0.05) is 12.1 Å². The topological polar surface area (TPSA) is 68.1 Å². The second-order valence-corrected chi connectivity index (χ2v) is 5.37. The lowest BCUT2D eigenvalue weighted by atomic mass is 10.1. The Labute approximate surface area is 115 Å². The predicted octanol–water partition coefficient (Wildman–Crippen LogP) is 3.21. The normalized spacial score (nSPS) is 12.3. The number of non-ortho nitro benzene ring substituents is 1. The van der Waals surface area contributed by atoms with Crippen LogP contribution in [0.1, 0.15) is 29.2 Å². The van der Waals surface area contributed by atoms with E-state index in [9.17, 15) is 10.1 Å². The lowest BCUT2D eigenvalue weighted by Crippen LogP contribution is -2.18. The summed E-state index contributed by atoms with van der Waals surface area (Å²) in [5, 5.41) is 17.1. The quantitative estimate of drug-likeness (QED) is 0.673. The Balaban J connectivity index is 2.01. The van der Waals surface area contributed by atoms with Crippen LogP contribution in [0.3, 0.4) is 0 Å². The standard InChI is InChI=1S/C13H15N3O2S/c1-9(14-7-12-8-19-10(2)15-12)11-4-3-5-13(6-11)16(17)18/h3-6,8-9,14H,7H2,1-2H3. The van der Waals surface area contributed by atoms with E-state index in [1.807, 2.05) is 25.3 Å². The van der Waals surface area contributed by atoms with Gasteiger partial charge in [-0.25, -0.2) is 4.98 Å². The van der Waals surface area contributed by atoms with Crippen LogP contribution < -0.4 is 5.32 Å². The second kappa shape index (κ2) is 5.90. The van der Waals surface area contributed by atoms with Gasteiger partial charge in [-0.15, -0.1) is 11.3 Å². The first-order valence-electron chi connectivity index (χ1n) is 5.95. The van der Waals surface area contributed by atoms with E-state index in [1.54, 1.807) is 23.5 Å². The summed E-state index contributed by atoms with van der Waals surface area (Å²) in [5.74, 6) is 0. The number of hydrogen-bond acceptors (Lipinski definition) is 5. The third-order valence-electron chi connectivity index (χ3n) is 2.84. The van der Waals surface area contributed by atoms with Gasteiger partial charge < -0.3 is 5.32 Å². The maximum absolute atomic E-state index is 10.7. The predicted molar refractivity (Wildman–Crippen MR) is 75.2 cm³/mol. The molecule has 0 radical (unpaired) electrons. The summed E-state index contributed by atoms with van der Waals surface area (Å²) < 4.78 is 0. The minimum atomic E-state index is -0.375. The van der Waals surface area contributed by atoms with Gasteiger partial charge in [0.2, 0.25) is 0 Å². The molecule has 0 fully saturated rings. The number of nitrogens with one attached hydrogen (secondary N) is 1. The largest absolute Gasteiger partial charge is 0.305 e. The van der Waals surface area contributed by atoms with Gasteiger partial charge in [0.05, 0.1) is 15.6 Å². The number of nitrogens with zero attached hydrogens (tertiary/aromatic N) is 2. The lowest BCUT2D eigenvalue weighted by molar-refractivity contribution is -0.384. The molecule has 0 aliphatic heterocycles. The molecule has 2 rings (SSSR count). The first kappa shape index (κ1) is 13.6. The summed E-state index contributed by atoms with van der Waals surface area (Å²) in [6.45, 7) is 4.62. The number of rotatable bonds is 5. The number of hydrogen-bond donors (Lipinski definition) is 1. The van der Waals surface area contributed by atoms with E-state index >= 15 is 0 Å². The molecule has 0 amide bonds. The molecule has 19 heavy (non-hydrogen) atoms. The van der Waals surface area contributed by atoms with Crippen LogP contribution in [0.5, 0.6) is 0 Å². The molecule has 6 heteroatoms. The minimum absolute atomic E-state index is 0.0434. The maximum atomic E-state index is 10.7. The summed E-state index contributed by atoms with van der Waals surface area (Å²) in [4.78, 5) is 14.7. The maximum Gasteiger partial charge on any atom is 0.269 e. The Bertz CT molecular complexity index is 583. The third-order valence-corrected chi connectivity index (χ3v) is 3.66. The van der Waals surface area contributed by atoms with Crippen molar-refractivity contribution < 1.29 is 4.92 Å². The van der Waals surface area contributed by atoms with Gasteiger partial charge in [-0.05, 0) is 19.4 Å². The Morgan fingerprint density at radius 2 is 2.32 bits per heavy atom. The highest BCUT2D eigenvalue weighted by Crippen LogP contribution is 2.19. The van der Waals surface area contributed by atoms with E-state index in [1.165, 1.54) is 6.07 Å². The molecule has 0 saturated heterocycles. The second-order valence-electron chi connectivity index (χ2n) is 4.31. The average Bonchev–Trinajstić information content (AvgIpc) is 2.82. The zero-order chi connectivity index (χ0) is 13.8. The Kier molecular flexibility index (Phi) is 4.24. The molecule has 1 aromatic carbocycles. The fourth-order valence-corrected chi connectivity index (χ4v) is 2.39. The molecule has 0 bridgehead atoms. The Morgan fingerprint density at radius 1 is 1.53 bits per heavy atom. The monoisotopic (exact) mass is 277 g/mol. The molecule has 0 aliphatic carbocycles. The van der Waals surface area contributed by atoms with Crippen LogP contribution in [0.2, 0.25) is 0 Å². The van der Waals surface area contributed by atoms with Crippen molar-refractivity contribution in [2.24, 2.45) is 0 Å². The molecule has 1 unspecified atom stereocenters. The number of aromatic nitrogens is 1. The number of thiazole rings is 1. The van der Waals surface area contributed by atoms with E-state index in [4.69, 9.17) is 0 Å². The summed E-state index contributed by atoms with van der Waals surface area (Å²) in [6, 6.07) is 6.74. The summed E-state index contributed by atoms with van der Waals surface area (Å²) in [6.07, 6.45) is 0. The highest BCUT2D eigenvalue weighted by molar-refractivity contribution is 7.09. The van der Waals surface area contributed by atoms with Crippen LogP contribution in [-0.4, -0.2) is 9.91 Å². The van der Waals surface area contributed by atoms with Gasteiger partial charge in [0, 0.05) is 30.1 Å². The van der Waals surface area contributed by atoms with Gasteiger partial charge in [-0.3, -0.25) is 10.1 Å². The Hall–Kier alpha value is -1.79. The highest BCUT2D eigenvalue weighted by Gasteiger charge is 2.11. The van der Waals surface area contributed by atoms with Crippen LogP contribution in [0.4, 0.5) is 5.69 Å². The molecule has 100 valence electrons. The smallest absolute Gasteiger partial charge is 0.269 e. The molecule has 1 atom stereocenters. The number of nitro groups is 1. The van der Waals surface area contributed by atoms with Crippen LogP contribution >= 0.6 is 11.3 Å². The number of aryl methyl sites for hydroxylation is 1. The van der Waals surface area contributed by atoms with Crippen LogP contribution in [0.25, 0.3) is 0 Å². The SMILES string of the molecule is Cc1nc(CNC(C)c2cccc([N+](=O)[O-])c2)cs1. The molecular weight excluding hydrogens is 262 g/mol. The van der Waals surface area contributed by atoms with Crippen LogP contribution in [0.15, 0.2) is 29.6 Å². The van der Waals surface area contributed by atoms with Crippen molar-refractivity contribution in [3.8, 4) is 0 Å². The zero-order valence-corrected chi connectivity index (χ0v) is 11.6. The van der Waals surface area contributed by atoms with Crippen molar-refractivity contribution in [2.45, 2.75) is 26.4 Å². The van der Waals surface area contributed by atoms with Crippen LogP contribution in [0, 0.1) is 17.0 Å². The molecule has 0 spiro atoms. The van der Waals surface area contributed by atoms with Gasteiger partial charge in [0.1, 0.15) is 0 Å². The first-order valence-corrected chi connectivity index (χ1v) is 6.83. The van der Waals surface area contributed by atoms with Crippen LogP contribution in [-0.2, 0) is 6.54 Å². The molecule has 1 aromatic heterocycles. The molecule has 1 N–H and O–H groups in total. The van der Waals surface area contributed by atoms with Gasteiger partial charge in [0.15, 0.2) is 0 Å². The molecule has 5 nitrogen and oxygen atoms in total. The minimum Gasteiger partial charge on any atom is -0.305 e. The van der Waals surface area contributed by atoms with E-state index < -0.39 is 0 Å². The average molecular weight is 277 g/mol. The molecular formula is C13H15N3O2S. The van der Waals surface area contributed by atoms with Crippen molar-refractivity contribution in [1.82, 2.24) is 10.3 Å². The van der Waals surface area contributed by atoms with Gasteiger partial charge >= 0.3 is 0 Å². The van der Waals surface area contributed by atoms with Crippen molar-refractivity contribution >= 4 is 17.0 Å². The number of nitro benzene ring substituents is 1. The summed E-state index contributed by atoms with van der Waals surface area (Å²) >= 11 is 1.62. The third kappa shape index (κ3) is 3.59. The van der Waals surface area contributed by atoms with Crippen molar-refractivity contribution in [3.05, 3.63) is 56.0 Å².